The van der Waals surface area contributed by atoms with Gasteiger partial charge in [-0.05, 0) is 12.8 Å². The minimum absolute atomic E-state index is 0.0827. The highest BCUT2D eigenvalue weighted by Crippen LogP contribution is 2.28. The van der Waals surface area contributed by atoms with Gasteiger partial charge in [0.2, 0.25) is 0 Å². The van der Waals surface area contributed by atoms with Gasteiger partial charge in [-0.15, -0.1) is 0 Å². The number of carbonyl (C=O) groups is 2. The summed E-state index contributed by atoms with van der Waals surface area (Å²) in [6.07, 6.45) is 1.82. The molecule has 0 bridgehead atoms. The summed E-state index contributed by atoms with van der Waals surface area (Å²) in [7, 11) is 0. The number of hydrogen-bond acceptors (Lipinski definition) is 3. The summed E-state index contributed by atoms with van der Waals surface area (Å²) in [6, 6.07) is 0. The van der Waals surface area contributed by atoms with E-state index in [4.69, 9.17) is 0 Å². The molecule has 1 amide bonds. The Bertz CT molecular complexity index is 162. The molecule has 0 aromatic rings. The van der Waals surface area contributed by atoms with Crippen LogP contribution < -0.4 is 5.48 Å². The first kappa shape index (κ1) is 7.05. The minimum atomic E-state index is -0.492. The van der Waals surface area contributed by atoms with E-state index in [1.807, 2.05) is 0 Å². The van der Waals surface area contributed by atoms with Crippen molar-refractivity contribution >= 4 is 11.9 Å². The number of amides is 1. The third kappa shape index (κ3) is 2.05. The molecule has 10 heavy (non-hydrogen) atoms. The van der Waals surface area contributed by atoms with Gasteiger partial charge in [-0.3, -0.25) is 9.59 Å². The Labute approximate surface area is 58.5 Å². The highest BCUT2D eigenvalue weighted by molar-refractivity contribution is 5.81. The van der Waals surface area contributed by atoms with Gasteiger partial charge >= 0.3 is 5.97 Å². The highest BCUT2D eigenvalue weighted by Gasteiger charge is 2.30. The minimum Gasteiger partial charge on any atom is -0.341 e. The predicted molar refractivity (Wildman–Crippen MR) is 32.6 cm³/mol. The zero-order valence-electron chi connectivity index (χ0n) is 5.72. The van der Waals surface area contributed by atoms with Gasteiger partial charge in [0.15, 0.2) is 0 Å². The summed E-state index contributed by atoms with van der Waals surface area (Å²) >= 11 is 0. The fourth-order valence-corrected chi connectivity index (χ4v) is 0.551. The molecule has 0 aromatic carbocycles. The van der Waals surface area contributed by atoms with Crippen LogP contribution in [0.2, 0.25) is 0 Å². The summed E-state index contributed by atoms with van der Waals surface area (Å²) in [5.74, 6) is -0.594. The van der Waals surface area contributed by atoms with Crippen LogP contribution >= 0.6 is 0 Å². The molecule has 1 saturated carbocycles. The molecule has 0 saturated heterocycles. The van der Waals surface area contributed by atoms with E-state index in [9.17, 15) is 9.59 Å². The van der Waals surface area contributed by atoms with Crippen molar-refractivity contribution in [2.24, 2.45) is 5.92 Å². The Hall–Kier alpha value is -1.06. The Morgan fingerprint density at radius 2 is 2.10 bits per heavy atom. The SMILES string of the molecule is CC(=O)ONC(=O)C1CC1. The molecule has 1 aliphatic rings. The van der Waals surface area contributed by atoms with Gasteiger partial charge in [-0.2, -0.15) is 5.48 Å². The average molecular weight is 143 g/mol. The van der Waals surface area contributed by atoms with Gasteiger partial charge in [0.05, 0.1) is 0 Å². The summed E-state index contributed by atoms with van der Waals surface area (Å²) in [6.45, 7) is 1.24. The highest BCUT2D eigenvalue weighted by atomic mass is 16.7. The first-order valence-corrected chi connectivity index (χ1v) is 3.17. The summed E-state index contributed by atoms with van der Waals surface area (Å²) in [4.78, 5) is 25.1. The molecule has 0 spiro atoms. The molecule has 56 valence electrons. The van der Waals surface area contributed by atoms with E-state index < -0.39 is 5.97 Å². The van der Waals surface area contributed by atoms with Gasteiger partial charge in [0.1, 0.15) is 0 Å². The van der Waals surface area contributed by atoms with Gasteiger partial charge < -0.3 is 4.84 Å². The maximum Gasteiger partial charge on any atom is 0.329 e. The molecule has 1 aliphatic carbocycles. The Balaban J connectivity index is 2.12. The molecule has 0 heterocycles. The monoisotopic (exact) mass is 143 g/mol. The molecule has 0 atom stereocenters. The average Bonchev–Trinajstić information content (AvgIpc) is 2.63. The Kier molecular flexibility index (Phi) is 1.89. The lowest BCUT2D eigenvalue weighted by Gasteiger charge is -1.99. The Morgan fingerprint density at radius 1 is 1.50 bits per heavy atom. The maximum atomic E-state index is 10.7. The molecule has 1 fully saturated rings. The fourth-order valence-electron chi connectivity index (χ4n) is 0.551. The maximum absolute atomic E-state index is 10.7. The van der Waals surface area contributed by atoms with E-state index in [1.54, 1.807) is 0 Å². The second-order valence-electron chi connectivity index (χ2n) is 2.33. The second kappa shape index (κ2) is 2.68. The van der Waals surface area contributed by atoms with Crippen molar-refractivity contribution in [2.45, 2.75) is 19.8 Å². The summed E-state index contributed by atoms with van der Waals surface area (Å²) in [5.41, 5.74) is 2.06. The molecule has 0 aliphatic heterocycles. The van der Waals surface area contributed by atoms with Crippen molar-refractivity contribution in [3.63, 3.8) is 0 Å². The standard InChI is InChI=1S/C6H9NO3/c1-4(8)10-7-6(9)5-2-3-5/h5H,2-3H2,1H3,(H,7,9). The number of rotatable bonds is 1. The van der Waals surface area contributed by atoms with Gasteiger partial charge in [0.25, 0.3) is 5.91 Å². The van der Waals surface area contributed by atoms with Gasteiger partial charge in [-0.25, -0.2) is 0 Å². The van der Waals surface area contributed by atoms with Crippen LogP contribution in [-0.4, -0.2) is 11.9 Å². The first-order chi connectivity index (χ1) is 4.70. The van der Waals surface area contributed by atoms with Crippen LogP contribution in [-0.2, 0) is 14.4 Å². The van der Waals surface area contributed by atoms with Crippen molar-refractivity contribution in [3.8, 4) is 0 Å². The quantitative estimate of drug-likeness (QED) is 0.525. The molecule has 1 rings (SSSR count). The lowest BCUT2D eigenvalue weighted by molar-refractivity contribution is -0.156. The molecular weight excluding hydrogens is 134 g/mol. The van der Waals surface area contributed by atoms with E-state index in [0.717, 1.165) is 12.8 Å². The van der Waals surface area contributed by atoms with Crippen molar-refractivity contribution in [1.29, 1.82) is 0 Å². The van der Waals surface area contributed by atoms with Crippen LogP contribution in [0.15, 0.2) is 0 Å². The molecule has 0 aromatic heterocycles. The number of nitrogens with one attached hydrogen (secondary N) is 1. The molecule has 4 nitrogen and oxygen atoms in total. The summed E-state index contributed by atoms with van der Waals surface area (Å²) < 4.78 is 0. The zero-order valence-corrected chi connectivity index (χ0v) is 5.72. The van der Waals surface area contributed by atoms with Crippen molar-refractivity contribution in [2.75, 3.05) is 0 Å². The van der Waals surface area contributed by atoms with E-state index in [0.29, 0.717) is 0 Å². The lowest BCUT2D eigenvalue weighted by Crippen LogP contribution is -2.26. The topological polar surface area (TPSA) is 55.4 Å². The molecule has 4 heteroatoms. The zero-order chi connectivity index (χ0) is 7.56. The molecule has 1 N–H and O–H groups in total. The fraction of sp³-hybridized carbons (Fsp3) is 0.667. The van der Waals surface area contributed by atoms with Crippen LogP contribution in [0.5, 0.6) is 0 Å². The third-order valence-corrected chi connectivity index (χ3v) is 1.24. The smallest absolute Gasteiger partial charge is 0.329 e. The number of carbonyl (C=O) groups excluding carboxylic acids is 2. The normalized spacial score (nSPS) is 16.1. The molecular formula is C6H9NO3. The molecule has 0 radical (unpaired) electrons. The number of hydrogen-bond donors (Lipinski definition) is 1. The van der Waals surface area contributed by atoms with E-state index in [-0.39, 0.29) is 11.8 Å². The van der Waals surface area contributed by atoms with Crippen LogP contribution in [0.1, 0.15) is 19.8 Å². The van der Waals surface area contributed by atoms with Crippen molar-refractivity contribution in [1.82, 2.24) is 5.48 Å². The molecule has 0 unspecified atom stereocenters. The second-order valence-corrected chi connectivity index (χ2v) is 2.33. The van der Waals surface area contributed by atoms with Crippen LogP contribution in [0.3, 0.4) is 0 Å². The first-order valence-electron chi connectivity index (χ1n) is 3.17. The lowest BCUT2D eigenvalue weighted by atomic mass is 10.4. The van der Waals surface area contributed by atoms with Crippen molar-refractivity contribution < 1.29 is 14.4 Å². The van der Waals surface area contributed by atoms with Crippen molar-refractivity contribution in [3.05, 3.63) is 0 Å². The van der Waals surface area contributed by atoms with Gasteiger partial charge in [0, 0.05) is 12.8 Å². The van der Waals surface area contributed by atoms with E-state index in [1.165, 1.54) is 6.92 Å². The van der Waals surface area contributed by atoms with Crippen LogP contribution in [0.25, 0.3) is 0 Å². The van der Waals surface area contributed by atoms with Gasteiger partial charge in [-0.1, -0.05) is 0 Å². The number of hydroxylamine groups is 1. The Morgan fingerprint density at radius 3 is 2.50 bits per heavy atom. The van der Waals surface area contributed by atoms with E-state index >= 15 is 0 Å². The predicted octanol–water partition coefficient (Wildman–Crippen LogP) is -0.00930. The van der Waals surface area contributed by atoms with Crippen LogP contribution in [0, 0.1) is 5.92 Å². The summed E-state index contributed by atoms with van der Waals surface area (Å²) in [5, 5.41) is 0. The van der Waals surface area contributed by atoms with Crippen LogP contribution in [0.4, 0.5) is 0 Å². The van der Waals surface area contributed by atoms with E-state index in [2.05, 4.69) is 10.3 Å². The largest absolute Gasteiger partial charge is 0.341 e. The third-order valence-electron chi connectivity index (χ3n) is 1.24.